The van der Waals surface area contributed by atoms with E-state index in [1.807, 2.05) is 6.07 Å². The molecule has 8 heteroatoms. The van der Waals surface area contributed by atoms with Crippen LogP contribution in [0.3, 0.4) is 0 Å². The van der Waals surface area contributed by atoms with Crippen LogP contribution in [-0.4, -0.2) is 27.7 Å². The predicted molar refractivity (Wildman–Crippen MR) is 127 cm³/mol. The number of carbonyl (C=O) groups is 1. The smallest absolute Gasteiger partial charge is 0.252 e. The number of amides is 1. The monoisotopic (exact) mass is 449 g/mol. The molecule has 0 spiro atoms. The molecule has 0 aliphatic rings. The zero-order chi connectivity index (χ0) is 23.8. The SMILES string of the molecule is C=Cc1c(/C(=C\C)C(=O)NC(CCC)c2ccc(ONC)nc2)cnn1-c1ccc(F)cc1. The number of carbonyl (C=O) groups excluding carboxylic acids is 1. The molecule has 0 aliphatic heterocycles. The summed E-state index contributed by atoms with van der Waals surface area (Å²) < 4.78 is 15.0. The molecule has 0 fully saturated rings. The molecule has 1 unspecified atom stereocenters. The summed E-state index contributed by atoms with van der Waals surface area (Å²) in [5.41, 5.74) is 5.90. The molecular formula is C25H28FN5O2. The van der Waals surface area contributed by atoms with Gasteiger partial charge >= 0.3 is 0 Å². The highest BCUT2D eigenvalue weighted by molar-refractivity contribution is 6.20. The van der Waals surface area contributed by atoms with Crippen LogP contribution < -0.4 is 15.6 Å². The minimum absolute atomic E-state index is 0.215. The number of hydrogen-bond acceptors (Lipinski definition) is 5. The zero-order valence-electron chi connectivity index (χ0n) is 19.0. The van der Waals surface area contributed by atoms with E-state index in [2.05, 4.69) is 34.4 Å². The molecule has 2 heterocycles. The number of rotatable bonds is 10. The lowest BCUT2D eigenvalue weighted by Crippen LogP contribution is -2.29. The first-order valence-corrected chi connectivity index (χ1v) is 10.8. The Hall–Kier alpha value is -3.78. The summed E-state index contributed by atoms with van der Waals surface area (Å²) in [6, 6.07) is 9.40. The molecule has 7 nitrogen and oxygen atoms in total. The fourth-order valence-electron chi connectivity index (χ4n) is 3.57. The van der Waals surface area contributed by atoms with Crippen LogP contribution in [0.4, 0.5) is 4.39 Å². The number of nitrogens with one attached hydrogen (secondary N) is 2. The first-order valence-electron chi connectivity index (χ1n) is 10.8. The largest absolute Gasteiger partial charge is 0.389 e. The third kappa shape index (κ3) is 5.53. The van der Waals surface area contributed by atoms with Crippen molar-refractivity contribution in [3.8, 4) is 11.6 Å². The van der Waals surface area contributed by atoms with Gasteiger partial charge in [-0.25, -0.2) is 14.1 Å². The van der Waals surface area contributed by atoms with E-state index in [9.17, 15) is 9.18 Å². The summed E-state index contributed by atoms with van der Waals surface area (Å²) in [7, 11) is 1.66. The van der Waals surface area contributed by atoms with Crippen molar-refractivity contribution < 1.29 is 14.0 Å². The highest BCUT2D eigenvalue weighted by Crippen LogP contribution is 2.26. The van der Waals surface area contributed by atoms with E-state index in [0.29, 0.717) is 28.4 Å². The molecule has 33 heavy (non-hydrogen) atoms. The number of halogens is 1. The highest BCUT2D eigenvalue weighted by atomic mass is 19.1. The fraction of sp³-hybridized carbons (Fsp3) is 0.240. The average Bonchev–Trinajstić information content (AvgIpc) is 3.24. The topological polar surface area (TPSA) is 81.1 Å². The van der Waals surface area contributed by atoms with Crippen molar-refractivity contribution in [2.45, 2.75) is 32.7 Å². The van der Waals surface area contributed by atoms with Gasteiger partial charge in [0.15, 0.2) is 0 Å². The molecule has 2 aromatic heterocycles. The second kappa shape index (κ2) is 11.2. The fourth-order valence-corrected chi connectivity index (χ4v) is 3.57. The Bertz CT molecular complexity index is 1120. The molecule has 0 saturated heterocycles. The summed E-state index contributed by atoms with van der Waals surface area (Å²) in [6.07, 6.45) is 8.33. The van der Waals surface area contributed by atoms with E-state index < -0.39 is 0 Å². The van der Waals surface area contributed by atoms with Gasteiger partial charge in [-0.2, -0.15) is 10.6 Å². The zero-order valence-corrected chi connectivity index (χ0v) is 19.0. The van der Waals surface area contributed by atoms with Gasteiger partial charge in [0.1, 0.15) is 5.82 Å². The quantitative estimate of drug-likeness (QED) is 0.349. The first kappa shape index (κ1) is 23.9. The molecule has 0 saturated carbocycles. The number of aromatic nitrogens is 3. The Labute approximate surface area is 193 Å². The van der Waals surface area contributed by atoms with Gasteiger partial charge in [-0.05, 0) is 55.3 Å². The minimum Gasteiger partial charge on any atom is -0.389 e. The van der Waals surface area contributed by atoms with Crippen molar-refractivity contribution in [3.05, 3.63) is 84.1 Å². The first-order chi connectivity index (χ1) is 16.0. The van der Waals surface area contributed by atoms with Crippen molar-refractivity contribution >= 4 is 17.6 Å². The molecule has 3 aromatic rings. The van der Waals surface area contributed by atoms with Crippen LogP contribution in [0.1, 0.15) is 49.6 Å². The maximum absolute atomic E-state index is 13.3. The summed E-state index contributed by atoms with van der Waals surface area (Å²) in [6.45, 7) is 7.75. The molecule has 2 N–H and O–H groups in total. The molecule has 1 amide bonds. The Morgan fingerprint density at radius 1 is 1.24 bits per heavy atom. The van der Waals surface area contributed by atoms with Crippen molar-refractivity contribution in [2.24, 2.45) is 0 Å². The maximum Gasteiger partial charge on any atom is 0.252 e. The molecular weight excluding hydrogens is 421 g/mol. The number of pyridine rings is 1. The Kier molecular flexibility index (Phi) is 8.10. The van der Waals surface area contributed by atoms with Gasteiger partial charge in [0.25, 0.3) is 5.91 Å². The number of allylic oxidation sites excluding steroid dienone is 1. The van der Waals surface area contributed by atoms with Crippen molar-refractivity contribution in [1.29, 1.82) is 0 Å². The van der Waals surface area contributed by atoms with Gasteiger partial charge in [0.2, 0.25) is 5.88 Å². The summed E-state index contributed by atoms with van der Waals surface area (Å²) >= 11 is 0. The molecule has 1 aromatic carbocycles. The van der Waals surface area contributed by atoms with Crippen LogP contribution >= 0.6 is 0 Å². The van der Waals surface area contributed by atoms with E-state index in [-0.39, 0.29) is 17.8 Å². The standard InChI is InChI=1S/C25H28FN5O2/c1-5-8-22(17-9-14-24(28-15-17)33-27-4)30-25(32)20(6-2)21-16-29-31(23(21)7-3)19-12-10-18(26)11-13-19/h6-7,9-16,22,27H,3,5,8H2,1-2,4H3,(H,30,32)/b20-6+. The summed E-state index contributed by atoms with van der Waals surface area (Å²) in [4.78, 5) is 22.7. The molecule has 3 rings (SSSR count). The van der Waals surface area contributed by atoms with E-state index in [1.165, 1.54) is 12.1 Å². The second-order valence-corrected chi connectivity index (χ2v) is 7.29. The third-order valence-electron chi connectivity index (χ3n) is 5.15. The van der Waals surface area contributed by atoms with Gasteiger partial charge in [0, 0.05) is 30.4 Å². The number of hydroxylamine groups is 1. The number of nitrogens with zero attached hydrogens (tertiary/aromatic N) is 3. The van der Waals surface area contributed by atoms with E-state index >= 15 is 0 Å². The van der Waals surface area contributed by atoms with E-state index in [1.54, 1.807) is 61.4 Å². The highest BCUT2D eigenvalue weighted by Gasteiger charge is 2.22. The van der Waals surface area contributed by atoms with E-state index in [4.69, 9.17) is 4.84 Å². The second-order valence-electron chi connectivity index (χ2n) is 7.29. The predicted octanol–water partition coefficient (Wildman–Crippen LogP) is 4.62. The molecule has 0 radical (unpaired) electrons. The lowest BCUT2D eigenvalue weighted by atomic mass is 10.0. The van der Waals surface area contributed by atoms with Gasteiger partial charge < -0.3 is 10.2 Å². The van der Waals surface area contributed by atoms with Gasteiger partial charge in [-0.1, -0.05) is 26.0 Å². The molecule has 172 valence electrons. The normalized spacial score (nSPS) is 12.3. The minimum atomic E-state index is -0.332. The van der Waals surface area contributed by atoms with Crippen LogP contribution in [0, 0.1) is 5.82 Å². The van der Waals surface area contributed by atoms with Gasteiger partial charge in [-0.3, -0.25) is 4.79 Å². The Balaban J connectivity index is 1.87. The van der Waals surface area contributed by atoms with Crippen LogP contribution in [0.2, 0.25) is 0 Å². The van der Waals surface area contributed by atoms with Crippen molar-refractivity contribution in [3.63, 3.8) is 0 Å². The number of benzene rings is 1. The lowest BCUT2D eigenvalue weighted by molar-refractivity contribution is -0.116. The van der Waals surface area contributed by atoms with Crippen LogP contribution in [-0.2, 0) is 4.79 Å². The summed E-state index contributed by atoms with van der Waals surface area (Å²) in [5, 5.41) is 7.53. The summed E-state index contributed by atoms with van der Waals surface area (Å²) in [5.74, 6) is -0.115. The van der Waals surface area contributed by atoms with Crippen molar-refractivity contribution in [1.82, 2.24) is 25.6 Å². The van der Waals surface area contributed by atoms with Crippen LogP contribution in [0.15, 0.2) is 61.4 Å². The molecule has 0 bridgehead atoms. The van der Waals surface area contributed by atoms with E-state index in [0.717, 1.165) is 18.4 Å². The maximum atomic E-state index is 13.3. The third-order valence-corrected chi connectivity index (χ3v) is 5.15. The Morgan fingerprint density at radius 2 is 2.00 bits per heavy atom. The van der Waals surface area contributed by atoms with Crippen molar-refractivity contribution in [2.75, 3.05) is 7.05 Å². The van der Waals surface area contributed by atoms with Crippen LogP contribution in [0.5, 0.6) is 5.88 Å². The number of hydrogen-bond donors (Lipinski definition) is 2. The molecule has 1 atom stereocenters. The van der Waals surface area contributed by atoms with Gasteiger partial charge in [-0.15, -0.1) is 0 Å². The molecule has 0 aliphatic carbocycles. The Morgan fingerprint density at radius 3 is 2.58 bits per heavy atom. The average molecular weight is 450 g/mol. The van der Waals surface area contributed by atoms with Gasteiger partial charge in [0.05, 0.1) is 23.6 Å². The van der Waals surface area contributed by atoms with Crippen LogP contribution in [0.25, 0.3) is 17.3 Å². The lowest BCUT2D eigenvalue weighted by Gasteiger charge is -2.20.